The summed E-state index contributed by atoms with van der Waals surface area (Å²) >= 11 is 0. The largest absolute Gasteiger partial charge is 0.459 e. The monoisotopic (exact) mass is 541 g/mol. The number of aliphatic imine (C=N–C) groups is 1. The zero-order chi connectivity index (χ0) is 20.7. The Morgan fingerprint density at radius 1 is 1.03 bits per heavy atom. The van der Waals surface area contributed by atoms with Gasteiger partial charge in [0.1, 0.15) is 17.9 Å². The van der Waals surface area contributed by atoms with Crippen LogP contribution in [0.2, 0.25) is 0 Å². The molecule has 3 rings (SSSR count). The van der Waals surface area contributed by atoms with Gasteiger partial charge >= 0.3 is 0 Å². The third-order valence-electron chi connectivity index (χ3n) is 4.65. The lowest BCUT2D eigenvalue weighted by atomic mass is 10.1. The van der Waals surface area contributed by atoms with Crippen LogP contribution in [-0.4, -0.2) is 33.2 Å². The number of para-hydroxylation sites is 1. The van der Waals surface area contributed by atoms with Crippen LogP contribution < -0.4 is 10.6 Å². The summed E-state index contributed by atoms with van der Waals surface area (Å²) in [5, 5.41) is 7.48. The molecular weight excluding hydrogens is 513 g/mol. The molecule has 0 bridgehead atoms. The molecular formula is C22H28IN3O3S. The summed E-state index contributed by atoms with van der Waals surface area (Å²) in [4.78, 5) is 4.95. The fourth-order valence-corrected chi connectivity index (χ4v) is 4.41. The zero-order valence-corrected chi connectivity index (χ0v) is 20.4. The third kappa shape index (κ3) is 6.21. The van der Waals surface area contributed by atoms with E-state index in [2.05, 4.69) is 15.6 Å². The number of sulfone groups is 1. The molecule has 0 fully saturated rings. The number of nitrogens with zero attached hydrogens (tertiary/aromatic N) is 1. The standard InChI is InChI=1S/C22H27N3O3S.HI/c1-3-23-22(24-14-9-15-29(26,27)18-10-5-4-6-11-18)25-16-21-17(2)19-12-7-8-13-20(19)28-21;/h4-8,10-13H,3,9,14-16H2,1-2H3,(H2,23,24,25);1H. The summed E-state index contributed by atoms with van der Waals surface area (Å²) in [5.41, 5.74) is 1.95. The van der Waals surface area contributed by atoms with Crippen molar-refractivity contribution in [2.45, 2.75) is 31.7 Å². The average Bonchev–Trinajstić information content (AvgIpc) is 3.06. The van der Waals surface area contributed by atoms with E-state index in [0.29, 0.717) is 36.9 Å². The Bertz CT molecular complexity index is 1080. The van der Waals surface area contributed by atoms with Gasteiger partial charge in [0.05, 0.1) is 10.6 Å². The number of hydrogen-bond donors (Lipinski definition) is 2. The van der Waals surface area contributed by atoms with Crippen LogP contribution in [0.15, 0.2) is 68.9 Å². The number of nitrogens with one attached hydrogen (secondary N) is 2. The number of guanidine groups is 1. The molecule has 0 aliphatic carbocycles. The highest BCUT2D eigenvalue weighted by Crippen LogP contribution is 2.25. The van der Waals surface area contributed by atoms with Crippen LogP contribution in [0.5, 0.6) is 0 Å². The van der Waals surface area contributed by atoms with Crippen molar-refractivity contribution in [3.63, 3.8) is 0 Å². The summed E-state index contributed by atoms with van der Waals surface area (Å²) in [5.74, 6) is 1.56. The maximum Gasteiger partial charge on any atom is 0.191 e. The van der Waals surface area contributed by atoms with Gasteiger partial charge in [-0.25, -0.2) is 13.4 Å². The number of halogens is 1. The van der Waals surface area contributed by atoms with Crippen LogP contribution in [0.4, 0.5) is 0 Å². The van der Waals surface area contributed by atoms with Crippen LogP contribution in [0.3, 0.4) is 0 Å². The van der Waals surface area contributed by atoms with E-state index < -0.39 is 9.84 Å². The molecule has 0 aliphatic heterocycles. The average molecular weight is 541 g/mol. The first kappa shape index (κ1) is 24.2. The molecule has 0 spiro atoms. The topological polar surface area (TPSA) is 83.7 Å². The molecule has 0 aliphatic rings. The second-order valence-electron chi connectivity index (χ2n) is 6.75. The number of benzene rings is 2. The van der Waals surface area contributed by atoms with Crippen molar-refractivity contribution in [2.24, 2.45) is 4.99 Å². The van der Waals surface area contributed by atoms with Gasteiger partial charge in [0.2, 0.25) is 0 Å². The molecule has 0 atom stereocenters. The normalized spacial score (nSPS) is 11.9. The molecule has 1 aromatic heterocycles. The van der Waals surface area contributed by atoms with Crippen LogP contribution >= 0.6 is 24.0 Å². The Morgan fingerprint density at radius 2 is 1.73 bits per heavy atom. The molecule has 6 nitrogen and oxygen atoms in total. The third-order valence-corrected chi connectivity index (χ3v) is 6.47. The second-order valence-corrected chi connectivity index (χ2v) is 8.86. The Morgan fingerprint density at radius 3 is 2.43 bits per heavy atom. The molecule has 162 valence electrons. The van der Waals surface area contributed by atoms with E-state index in [1.54, 1.807) is 24.3 Å². The molecule has 8 heteroatoms. The van der Waals surface area contributed by atoms with Gasteiger partial charge < -0.3 is 15.1 Å². The van der Waals surface area contributed by atoms with Crippen molar-refractivity contribution in [3.8, 4) is 0 Å². The van der Waals surface area contributed by atoms with E-state index >= 15 is 0 Å². The first-order valence-electron chi connectivity index (χ1n) is 9.78. The molecule has 0 saturated carbocycles. The van der Waals surface area contributed by atoms with Crippen molar-refractivity contribution in [1.29, 1.82) is 0 Å². The Kier molecular flexibility index (Phi) is 9.16. The summed E-state index contributed by atoms with van der Waals surface area (Å²) < 4.78 is 30.6. The lowest BCUT2D eigenvalue weighted by Crippen LogP contribution is -2.38. The highest BCUT2D eigenvalue weighted by Gasteiger charge is 2.13. The zero-order valence-electron chi connectivity index (χ0n) is 17.2. The molecule has 1 heterocycles. The molecule has 2 N–H and O–H groups in total. The fourth-order valence-electron chi connectivity index (χ4n) is 3.08. The van der Waals surface area contributed by atoms with E-state index in [0.717, 1.165) is 22.3 Å². The second kappa shape index (κ2) is 11.4. The SMILES string of the molecule is CCNC(=NCc1oc2ccccc2c1C)NCCCS(=O)(=O)c1ccccc1.I. The van der Waals surface area contributed by atoms with Gasteiger partial charge in [-0.2, -0.15) is 0 Å². The summed E-state index contributed by atoms with van der Waals surface area (Å²) in [6, 6.07) is 16.5. The van der Waals surface area contributed by atoms with Gasteiger partial charge in [0, 0.05) is 24.0 Å². The molecule has 0 radical (unpaired) electrons. The van der Waals surface area contributed by atoms with Crippen LogP contribution in [0.1, 0.15) is 24.7 Å². The van der Waals surface area contributed by atoms with E-state index in [4.69, 9.17) is 4.42 Å². The maximum absolute atomic E-state index is 12.3. The molecule has 0 saturated heterocycles. The van der Waals surface area contributed by atoms with Gasteiger partial charge in [-0.1, -0.05) is 36.4 Å². The lowest BCUT2D eigenvalue weighted by molar-refractivity contribution is 0.548. The van der Waals surface area contributed by atoms with Gasteiger partial charge in [0.15, 0.2) is 15.8 Å². The molecule has 2 aromatic carbocycles. The summed E-state index contributed by atoms with van der Waals surface area (Å²) in [7, 11) is -3.26. The van der Waals surface area contributed by atoms with Crippen molar-refractivity contribution in [2.75, 3.05) is 18.8 Å². The first-order chi connectivity index (χ1) is 14.0. The van der Waals surface area contributed by atoms with Gasteiger partial charge in [-0.3, -0.25) is 0 Å². The lowest BCUT2D eigenvalue weighted by Gasteiger charge is -2.11. The van der Waals surface area contributed by atoms with Gasteiger partial charge in [-0.05, 0) is 38.5 Å². The highest BCUT2D eigenvalue weighted by molar-refractivity contribution is 14.0. The van der Waals surface area contributed by atoms with Crippen LogP contribution in [0.25, 0.3) is 11.0 Å². The quantitative estimate of drug-likeness (QED) is 0.193. The van der Waals surface area contributed by atoms with Crippen molar-refractivity contribution in [1.82, 2.24) is 10.6 Å². The minimum Gasteiger partial charge on any atom is -0.459 e. The van der Waals surface area contributed by atoms with Gasteiger partial charge in [0.25, 0.3) is 0 Å². The number of fused-ring (bicyclic) bond motifs is 1. The van der Waals surface area contributed by atoms with Crippen LogP contribution in [-0.2, 0) is 16.4 Å². The highest BCUT2D eigenvalue weighted by atomic mass is 127. The van der Waals surface area contributed by atoms with E-state index in [9.17, 15) is 8.42 Å². The number of aryl methyl sites for hydroxylation is 1. The van der Waals surface area contributed by atoms with E-state index in [-0.39, 0.29) is 29.7 Å². The predicted octanol–water partition coefficient (Wildman–Crippen LogP) is 4.28. The van der Waals surface area contributed by atoms with E-state index in [1.165, 1.54) is 0 Å². The van der Waals surface area contributed by atoms with Crippen molar-refractivity contribution >= 4 is 50.7 Å². The number of hydrogen-bond acceptors (Lipinski definition) is 4. The smallest absolute Gasteiger partial charge is 0.191 e. The minimum atomic E-state index is -3.26. The first-order valence-corrected chi connectivity index (χ1v) is 11.4. The molecule has 0 unspecified atom stereocenters. The van der Waals surface area contributed by atoms with Crippen molar-refractivity contribution in [3.05, 3.63) is 65.9 Å². The minimum absolute atomic E-state index is 0. The fraction of sp³-hybridized carbons (Fsp3) is 0.318. The van der Waals surface area contributed by atoms with Gasteiger partial charge in [-0.15, -0.1) is 24.0 Å². The molecule has 3 aromatic rings. The maximum atomic E-state index is 12.3. The Labute approximate surface area is 195 Å². The molecule has 0 amide bonds. The van der Waals surface area contributed by atoms with Crippen LogP contribution in [0, 0.1) is 6.92 Å². The van der Waals surface area contributed by atoms with E-state index in [1.807, 2.05) is 44.2 Å². The predicted molar refractivity (Wildman–Crippen MR) is 132 cm³/mol. The molecule has 30 heavy (non-hydrogen) atoms. The number of rotatable bonds is 8. The Hall–Kier alpha value is -2.07. The summed E-state index contributed by atoms with van der Waals surface area (Å²) in [6.07, 6.45) is 0.491. The summed E-state index contributed by atoms with van der Waals surface area (Å²) in [6.45, 7) is 5.66. The Balaban J connectivity index is 0.00000320. The van der Waals surface area contributed by atoms with Crippen molar-refractivity contribution < 1.29 is 12.8 Å². The number of furan rings is 1.